The molecule has 0 unspecified atom stereocenters. The molecular weight excluding hydrogens is 708 g/mol. The number of rotatable bonds is 6. The molecule has 1 N–H and O–H groups in total. The summed E-state index contributed by atoms with van der Waals surface area (Å²) >= 11 is 5.54. The van der Waals surface area contributed by atoms with Crippen molar-refractivity contribution in [2.24, 2.45) is 5.92 Å². The molecule has 1 aromatic carbocycles. The largest absolute Gasteiger partial charge is 0.317 e. The van der Waals surface area contributed by atoms with Gasteiger partial charge >= 0.3 is 6.08 Å². The molecule has 2 amide bonds. The number of ketones is 1. The molecule has 13 heteroatoms. The lowest BCUT2D eigenvalue weighted by Gasteiger charge is -2.27. The summed E-state index contributed by atoms with van der Waals surface area (Å²) in [5.41, 5.74) is 3.68. The van der Waals surface area contributed by atoms with Crippen LogP contribution in [0.4, 0.5) is 10.2 Å². The Morgan fingerprint density at radius 3 is 2.51 bits per heavy atom. The summed E-state index contributed by atoms with van der Waals surface area (Å²) in [6, 6.07) is 6.57. The molecule has 3 aromatic heterocycles. The Labute approximate surface area is 257 Å². The van der Waals surface area contributed by atoms with Gasteiger partial charge in [-0.15, -0.1) is 0 Å². The zero-order valence-electron chi connectivity index (χ0n) is 22.7. The fourth-order valence-corrected chi connectivity index (χ4v) is 6.44. The number of carbonyl (C=O) groups is 3. The lowest BCUT2D eigenvalue weighted by Crippen LogP contribution is -2.47. The van der Waals surface area contributed by atoms with Crippen LogP contribution >= 0.6 is 38.5 Å². The maximum Gasteiger partial charge on any atom is 0.308 e. The number of likely N-dealkylation sites (tertiary alicyclic amines) is 1. The monoisotopic (exact) mass is 733 g/mol. The Hall–Kier alpha value is -3.33. The van der Waals surface area contributed by atoms with Crippen LogP contribution in [0.5, 0.6) is 0 Å². The van der Waals surface area contributed by atoms with E-state index in [0.29, 0.717) is 38.9 Å². The van der Waals surface area contributed by atoms with Gasteiger partial charge in [-0.1, -0.05) is 35.6 Å². The minimum atomic E-state index is -0.831. The number of hydrogen-bond acceptors (Lipinski definition) is 7. The van der Waals surface area contributed by atoms with Crippen LogP contribution in [0.25, 0.3) is 22.0 Å². The molecular formula is C28H26BrFIN7O3. The Morgan fingerprint density at radius 1 is 1.12 bits per heavy atom. The number of benzene rings is 1. The van der Waals surface area contributed by atoms with Gasteiger partial charge in [0.25, 0.3) is 0 Å². The van der Waals surface area contributed by atoms with Crippen molar-refractivity contribution in [2.75, 3.05) is 5.32 Å². The maximum absolute atomic E-state index is 13.8. The predicted octanol–water partition coefficient (Wildman–Crippen LogP) is 5.25. The van der Waals surface area contributed by atoms with Crippen LogP contribution in [0.3, 0.4) is 0 Å². The van der Waals surface area contributed by atoms with Crippen molar-refractivity contribution in [1.82, 2.24) is 29.6 Å². The van der Waals surface area contributed by atoms with E-state index < -0.39 is 12.1 Å². The average Bonchev–Trinajstić information content (AvgIpc) is 3.44. The van der Waals surface area contributed by atoms with Crippen LogP contribution in [-0.2, 0) is 16.1 Å². The van der Waals surface area contributed by atoms with E-state index >= 15 is 0 Å². The van der Waals surface area contributed by atoms with E-state index in [4.69, 9.17) is 0 Å². The quantitative estimate of drug-likeness (QED) is 0.0718. The first kappa shape index (κ1) is 29.2. The van der Waals surface area contributed by atoms with Crippen molar-refractivity contribution >= 4 is 72.8 Å². The van der Waals surface area contributed by atoms with Crippen LogP contribution in [0.2, 0.25) is 0 Å². The van der Waals surface area contributed by atoms with Crippen molar-refractivity contribution in [2.45, 2.75) is 50.8 Å². The second kappa shape index (κ2) is 11.5. The minimum absolute atomic E-state index is 0.0798. The van der Waals surface area contributed by atoms with E-state index in [-0.39, 0.29) is 39.8 Å². The van der Waals surface area contributed by atoms with Crippen LogP contribution in [0.1, 0.15) is 41.9 Å². The predicted molar refractivity (Wildman–Crippen MR) is 163 cm³/mol. The first-order chi connectivity index (χ1) is 19.4. The number of hydrogen-bond donors (Lipinski definition) is 1. The summed E-state index contributed by atoms with van der Waals surface area (Å²) in [6.07, 6.45) is 2.41. The van der Waals surface area contributed by atoms with Crippen molar-refractivity contribution in [1.29, 1.82) is 0 Å². The molecule has 4 aromatic rings. The van der Waals surface area contributed by atoms with E-state index in [1.165, 1.54) is 24.0 Å². The van der Waals surface area contributed by atoms with Crippen LogP contribution in [0, 0.1) is 25.8 Å². The Kier molecular flexibility index (Phi) is 8.19. The summed E-state index contributed by atoms with van der Waals surface area (Å²) in [4.78, 5) is 53.1. The van der Waals surface area contributed by atoms with E-state index in [9.17, 15) is 18.8 Å². The molecule has 0 radical (unpaired) electrons. The molecule has 10 nitrogen and oxygen atoms in total. The smallest absolute Gasteiger partial charge is 0.308 e. The minimum Gasteiger partial charge on any atom is -0.317 e. The number of alkyl halides is 1. The fraction of sp³-hybridized carbons (Fsp3) is 0.321. The maximum atomic E-state index is 13.8. The number of fused-ring (bicyclic) bond motifs is 1. The third-order valence-electron chi connectivity index (χ3n) is 7.17. The number of carbonyl (C=O) groups excluding carboxylic acids is 3. The fourth-order valence-electron chi connectivity index (χ4n) is 5.14. The molecule has 0 saturated carbocycles. The van der Waals surface area contributed by atoms with Crippen LogP contribution in [-0.4, -0.2) is 57.3 Å². The SMILES string of the molecule is CC(=O)c1nn(CC(=O)N2[C@H](I)[C@@H](C)C[C@H]2C(=O)Nc2nc(Br)ccc2C)c2c(C)cc(-c3cnc(F)nc3)cc12. The molecule has 1 aliphatic rings. The first-order valence-corrected chi connectivity index (χ1v) is 14.9. The number of nitrogens with zero attached hydrogens (tertiary/aromatic N) is 6. The summed E-state index contributed by atoms with van der Waals surface area (Å²) in [5.74, 6) is -0.346. The molecule has 1 aliphatic heterocycles. The Morgan fingerprint density at radius 2 is 1.83 bits per heavy atom. The molecule has 5 rings (SSSR count). The summed E-state index contributed by atoms with van der Waals surface area (Å²) in [5, 5.41) is 7.98. The van der Waals surface area contributed by atoms with Gasteiger partial charge < -0.3 is 10.2 Å². The van der Waals surface area contributed by atoms with E-state index in [2.05, 4.69) is 63.9 Å². The number of pyridine rings is 1. The molecule has 0 spiro atoms. The van der Waals surface area contributed by atoms with Crippen molar-refractivity contribution in [3.05, 3.63) is 64.2 Å². The average molecular weight is 734 g/mol. The summed E-state index contributed by atoms with van der Waals surface area (Å²) in [6.45, 7) is 6.97. The highest BCUT2D eigenvalue weighted by Crippen LogP contribution is 2.36. The van der Waals surface area contributed by atoms with Gasteiger partial charge in [0.15, 0.2) is 5.78 Å². The Bertz CT molecular complexity index is 1690. The Balaban J connectivity index is 1.47. The number of aromatic nitrogens is 5. The van der Waals surface area contributed by atoms with E-state index in [1.807, 2.05) is 32.9 Å². The second-order valence-corrected chi connectivity index (χ2v) is 12.3. The lowest BCUT2D eigenvalue weighted by molar-refractivity contribution is -0.137. The van der Waals surface area contributed by atoms with Gasteiger partial charge in [0.2, 0.25) is 11.8 Å². The highest BCUT2D eigenvalue weighted by atomic mass is 127. The van der Waals surface area contributed by atoms with Crippen molar-refractivity contribution in [3.63, 3.8) is 0 Å². The lowest BCUT2D eigenvalue weighted by atomic mass is 10.0. The van der Waals surface area contributed by atoms with Crippen LogP contribution < -0.4 is 5.32 Å². The number of amides is 2. The molecule has 0 aliphatic carbocycles. The summed E-state index contributed by atoms with van der Waals surface area (Å²) in [7, 11) is 0. The molecule has 0 bridgehead atoms. The van der Waals surface area contributed by atoms with E-state index in [1.54, 1.807) is 17.0 Å². The van der Waals surface area contributed by atoms with Gasteiger partial charge in [-0.2, -0.15) is 9.49 Å². The highest BCUT2D eigenvalue weighted by Gasteiger charge is 2.44. The third kappa shape index (κ3) is 5.73. The zero-order valence-corrected chi connectivity index (χ0v) is 26.4. The van der Waals surface area contributed by atoms with Gasteiger partial charge in [-0.25, -0.2) is 15.0 Å². The zero-order chi connectivity index (χ0) is 29.6. The first-order valence-electron chi connectivity index (χ1n) is 12.8. The number of halogens is 3. The second-order valence-electron chi connectivity index (χ2n) is 10.2. The van der Waals surface area contributed by atoms with Gasteiger partial charge in [-0.05, 0) is 77.0 Å². The van der Waals surface area contributed by atoms with Gasteiger partial charge in [0.05, 0.1) is 9.57 Å². The van der Waals surface area contributed by atoms with Gasteiger partial charge in [-0.3, -0.25) is 19.1 Å². The van der Waals surface area contributed by atoms with Crippen molar-refractivity contribution in [3.8, 4) is 11.1 Å². The van der Waals surface area contributed by atoms with Crippen LogP contribution in [0.15, 0.2) is 41.3 Å². The number of anilines is 1. The topological polar surface area (TPSA) is 123 Å². The third-order valence-corrected chi connectivity index (χ3v) is 9.44. The van der Waals surface area contributed by atoms with Gasteiger partial charge in [0, 0.05) is 30.3 Å². The normalized spacial score (nSPS) is 18.6. The molecule has 3 atom stereocenters. The van der Waals surface area contributed by atoms with E-state index in [0.717, 1.165) is 11.1 Å². The summed E-state index contributed by atoms with van der Waals surface area (Å²) < 4.78 is 15.2. The molecule has 1 saturated heterocycles. The molecule has 1 fully saturated rings. The number of aryl methyl sites for hydroxylation is 2. The van der Waals surface area contributed by atoms with Gasteiger partial charge in [0.1, 0.15) is 28.7 Å². The molecule has 4 heterocycles. The highest BCUT2D eigenvalue weighted by molar-refractivity contribution is 14.1. The van der Waals surface area contributed by atoms with Crippen molar-refractivity contribution < 1.29 is 18.8 Å². The number of Topliss-reactive ketones (excluding diaryl/α,β-unsaturated/α-hetero) is 1. The molecule has 41 heavy (non-hydrogen) atoms. The molecule has 212 valence electrons. The number of nitrogens with one attached hydrogen (secondary N) is 1. The standard InChI is InChI=1S/C28H26BrFIN7O3/c1-13-5-6-21(29)34-26(13)35-27(41)20-8-15(3)25(31)38(20)22(40)12-37-24-14(2)7-17(18-10-32-28(30)33-11-18)9-19(24)23(36-37)16(4)39/h5-7,9-11,15,20,25H,8,12H2,1-4H3,(H,34,35,41)/t15-,20-,25-/m0/s1.